The van der Waals surface area contributed by atoms with Gasteiger partial charge in [-0.1, -0.05) is 50.2 Å². The minimum absolute atomic E-state index is 0.0191. The second-order valence-electron chi connectivity index (χ2n) is 11.0. The summed E-state index contributed by atoms with van der Waals surface area (Å²) < 4.78 is 23.8. The Bertz CT molecular complexity index is 1960. The van der Waals surface area contributed by atoms with Crippen LogP contribution in [0.1, 0.15) is 54.4 Å². The van der Waals surface area contributed by atoms with Crippen molar-refractivity contribution in [1.82, 2.24) is 0 Å². The Hall–Kier alpha value is -5.44. The average molecular weight is 595 g/mol. The molecule has 0 amide bonds. The number of esters is 1. The summed E-state index contributed by atoms with van der Waals surface area (Å²) in [5, 5.41) is 30.6. The monoisotopic (exact) mass is 594 g/mol. The summed E-state index contributed by atoms with van der Waals surface area (Å²) in [7, 11) is 1.53. The maximum atomic E-state index is 13.3. The number of fused-ring (bicyclic) bond motifs is 3. The highest BCUT2D eigenvalue weighted by Gasteiger charge is 2.36. The van der Waals surface area contributed by atoms with Crippen molar-refractivity contribution in [2.24, 2.45) is 0 Å². The molecular formula is C35H30O9. The molecule has 0 fully saturated rings. The fourth-order valence-electron chi connectivity index (χ4n) is 5.52. The van der Waals surface area contributed by atoms with Gasteiger partial charge < -0.3 is 33.9 Å². The van der Waals surface area contributed by atoms with Gasteiger partial charge in [0.2, 0.25) is 0 Å². The molecule has 0 unspecified atom stereocenters. The van der Waals surface area contributed by atoms with Gasteiger partial charge in [-0.3, -0.25) is 9.59 Å². The van der Waals surface area contributed by atoms with Crippen molar-refractivity contribution in [2.45, 2.75) is 38.7 Å². The number of phenols is 3. The first-order valence-electron chi connectivity index (χ1n) is 14.1. The molecule has 1 aliphatic rings. The fraction of sp³-hybridized carbons (Fsp3) is 0.200. The maximum absolute atomic E-state index is 13.3. The van der Waals surface area contributed by atoms with Crippen molar-refractivity contribution in [3.63, 3.8) is 0 Å². The number of para-hydroxylation sites is 1. The molecule has 4 aromatic carbocycles. The van der Waals surface area contributed by atoms with Gasteiger partial charge in [0.05, 0.1) is 13.5 Å². The molecular weight excluding hydrogens is 564 g/mol. The number of aromatic hydroxyl groups is 3. The zero-order chi connectivity index (χ0) is 31.1. The molecule has 5 aromatic rings. The van der Waals surface area contributed by atoms with Gasteiger partial charge in [0.25, 0.3) is 0 Å². The number of carbonyl (C=O) groups is 1. The standard InChI is InChI=1S/C35H30O9/c1-18(2)20-9-7-19(8-10-20)17-42-34-22(5-4-6-28(34)41-3)23-14-31(40)43-30-16-27(39)33-26(38)15-29(44-35(33)32(23)30)21-11-12-24(36)25(37)13-21/h4-13,15-16,18,23,36-37,39H,14,17H2,1-3H3/t23-/m0/s1. The summed E-state index contributed by atoms with van der Waals surface area (Å²) in [6.45, 7) is 4.49. The zero-order valence-electron chi connectivity index (χ0n) is 24.3. The Morgan fingerprint density at radius 1 is 0.909 bits per heavy atom. The first-order valence-corrected chi connectivity index (χ1v) is 14.1. The lowest BCUT2D eigenvalue weighted by Crippen LogP contribution is -2.22. The van der Waals surface area contributed by atoms with E-state index >= 15 is 0 Å². The predicted octanol–water partition coefficient (Wildman–Crippen LogP) is 6.73. The van der Waals surface area contributed by atoms with Crippen molar-refractivity contribution in [3.8, 4) is 45.8 Å². The molecule has 2 heterocycles. The summed E-state index contributed by atoms with van der Waals surface area (Å²) in [4.78, 5) is 26.2. The second-order valence-corrected chi connectivity index (χ2v) is 11.0. The Labute approximate surface area is 252 Å². The lowest BCUT2D eigenvalue weighted by atomic mass is 9.84. The minimum atomic E-state index is -0.700. The number of ether oxygens (including phenoxy) is 3. The number of phenolic OH excluding ortho intramolecular Hbond substituents is 3. The molecule has 44 heavy (non-hydrogen) atoms. The van der Waals surface area contributed by atoms with Gasteiger partial charge >= 0.3 is 5.97 Å². The van der Waals surface area contributed by atoms with E-state index in [1.807, 2.05) is 18.2 Å². The topological polar surface area (TPSA) is 136 Å². The van der Waals surface area contributed by atoms with Crippen LogP contribution >= 0.6 is 0 Å². The Kier molecular flexibility index (Phi) is 7.38. The van der Waals surface area contributed by atoms with Gasteiger partial charge in [0.15, 0.2) is 28.4 Å². The van der Waals surface area contributed by atoms with Gasteiger partial charge in [0.1, 0.15) is 34.8 Å². The molecule has 0 spiro atoms. The molecule has 0 bridgehead atoms. The lowest BCUT2D eigenvalue weighted by molar-refractivity contribution is -0.135. The van der Waals surface area contributed by atoms with Crippen LogP contribution in [0.2, 0.25) is 0 Å². The van der Waals surface area contributed by atoms with Gasteiger partial charge in [-0.2, -0.15) is 0 Å². The van der Waals surface area contributed by atoms with Crippen molar-refractivity contribution in [1.29, 1.82) is 0 Å². The summed E-state index contributed by atoms with van der Waals surface area (Å²) in [5.41, 5.74) is 2.92. The van der Waals surface area contributed by atoms with Crippen LogP contribution in [0.3, 0.4) is 0 Å². The summed E-state index contributed by atoms with van der Waals surface area (Å²) in [6, 6.07) is 19.9. The van der Waals surface area contributed by atoms with Gasteiger partial charge in [0, 0.05) is 34.7 Å². The molecule has 0 saturated heterocycles. The number of methoxy groups -OCH3 is 1. The second kappa shape index (κ2) is 11.3. The van der Waals surface area contributed by atoms with Crippen LogP contribution in [-0.4, -0.2) is 28.4 Å². The summed E-state index contributed by atoms with van der Waals surface area (Å²) >= 11 is 0. The third kappa shape index (κ3) is 5.17. The van der Waals surface area contributed by atoms with Crippen LogP contribution in [0.5, 0.6) is 34.5 Å². The molecule has 3 N–H and O–H groups in total. The van der Waals surface area contributed by atoms with E-state index in [-0.39, 0.29) is 41.3 Å². The molecule has 0 aliphatic carbocycles. The average Bonchev–Trinajstić information content (AvgIpc) is 3.00. The number of rotatable bonds is 7. The third-order valence-electron chi connectivity index (χ3n) is 7.82. The van der Waals surface area contributed by atoms with Crippen molar-refractivity contribution in [3.05, 3.63) is 105 Å². The Morgan fingerprint density at radius 3 is 2.39 bits per heavy atom. The van der Waals surface area contributed by atoms with Crippen LogP contribution in [0, 0.1) is 0 Å². The molecule has 0 saturated carbocycles. The smallest absolute Gasteiger partial charge is 0.312 e. The highest BCUT2D eigenvalue weighted by Crippen LogP contribution is 2.49. The van der Waals surface area contributed by atoms with Gasteiger partial charge in [-0.15, -0.1) is 0 Å². The van der Waals surface area contributed by atoms with Crippen LogP contribution in [0.4, 0.5) is 0 Å². The van der Waals surface area contributed by atoms with E-state index < -0.39 is 28.8 Å². The van der Waals surface area contributed by atoms with E-state index in [0.29, 0.717) is 34.1 Å². The van der Waals surface area contributed by atoms with E-state index in [9.17, 15) is 24.9 Å². The summed E-state index contributed by atoms with van der Waals surface area (Å²) in [6.07, 6.45) is -0.104. The van der Waals surface area contributed by atoms with Crippen molar-refractivity contribution >= 4 is 16.9 Å². The number of benzene rings is 4. The molecule has 1 aliphatic heterocycles. The molecule has 1 aromatic heterocycles. The minimum Gasteiger partial charge on any atom is -0.507 e. The van der Waals surface area contributed by atoms with E-state index in [1.54, 1.807) is 12.1 Å². The quantitative estimate of drug-likeness (QED) is 0.106. The van der Waals surface area contributed by atoms with Crippen LogP contribution in [0.15, 0.2) is 82.0 Å². The van der Waals surface area contributed by atoms with Crippen LogP contribution < -0.4 is 19.6 Å². The first kappa shape index (κ1) is 28.7. The zero-order valence-corrected chi connectivity index (χ0v) is 24.3. The fourth-order valence-corrected chi connectivity index (χ4v) is 5.52. The van der Waals surface area contributed by atoms with E-state index in [0.717, 1.165) is 5.56 Å². The largest absolute Gasteiger partial charge is 0.507 e. The van der Waals surface area contributed by atoms with Gasteiger partial charge in [-0.05, 0) is 41.3 Å². The summed E-state index contributed by atoms with van der Waals surface area (Å²) in [5.74, 6) is -0.998. The van der Waals surface area contributed by atoms with E-state index in [4.69, 9.17) is 18.6 Å². The van der Waals surface area contributed by atoms with Crippen LogP contribution in [0.25, 0.3) is 22.3 Å². The molecule has 224 valence electrons. The van der Waals surface area contributed by atoms with E-state index in [2.05, 4.69) is 26.0 Å². The SMILES string of the molecule is COc1cccc([C@@H]2CC(=O)Oc3cc(O)c4c(=O)cc(-c5ccc(O)c(O)c5)oc4c32)c1OCc1ccc(C(C)C)cc1. The van der Waals surface area contributed by atoms with Crippen LogP contribution in [-0.2, 0) is 11.4 Å². The Balaban J connectivity index is 1.51. The molecule has 0 radical (unpaired) electrons. The highest BCUT2D eigenvalue weighted by atomic mass is 16.5. The normalized spacial score (nSPS) is 14.4. The van der Waals surface area contributed by atoms with Crippen molar-refractivity contribution < 1.29 is 38.7 Å². The molecule has 6 rings (SSSR count). The molecule has 1 atom stereocenters. The molecule has 9 nitrogen and oxygen atoms in total. The maximum Gasteiger partial charge on any atom is 0.312 e. The Morgan fingerprint density at radius 2 is 1.68 bits per heavy atom. The number of carbonyl (C=O) groups excluding carboxylic acids is 1. The van der Waals surface area contributed by atoms with E-state index in [1.165, 1.54) is 43.0 Å². The lowest BCUT2D eigenvalue weighted by Gasteiger charge is -2.28. The van der Waals surface area contributed by atoms with Gasteiger partial charge in [-0.25, -0.2) is 0 Å². The number of hydrogen-bond donors (Lipinski definition) is 3. The van der Waals surface area contributed by atoms with Crippen molar-refractivity contribution in [2.75, 3.05) is 7.11 Å². The number of hydrogen-bond acceptors (Lipinski definition) is 9. The third-order valence-corrected chi connectivity index (χ3v) is 7.82. The highest BCUT2D eigenvalue weighted by molar-refractivity contribution is 5.93. The first-order chi connectivity index (χ1) is 21.1. The predicted molar refractivity (Wildman–Crippen MR) is 163 cm³/mol. The molecule has 9 heteroatoms.